The van der Waals surface area contributed by atoms with Crippen LogP contribution in [0.5, 0.6) is 0 Å². The van der Waals surface area contributed by atoms with Crippen LogP contribution in [0, 0.1) is 0 Å². The Morgan fingerprint density at radius 2 is 2.17 bits per heavy atom. The van der Waals surface area contributed by atoms with Gasteiger partial charge in [-0.3, -0.25) is 0 Å². The number of benzene rings is 1. The number of nitrogens with zero attached hydrogens (tertiary/aromatic N) is 3. The molecule has 0 bridgehead atoms. The zero-order chi connectivity index (χ0) is 12.8. The minimum absolute atomic E-state index is 0.335. The number of hydrogen-bond acceptors (Lipinski definition) is 4. The maximum Gasteiger partial charge on any atom is 0.330 e. The number of carbonyl (C=O) groups excluding carboxylic acids is 1. The summed E-state index contributed by atoms with van der Waals surface area (Å²) in [7, 11) is 0. The first-order chi connectivity index (χ1) is 8.79. The standard InChI is InChI=1S/C13H13N3O2/c1-2-18-13(17)8-5-11-3-6-12(7-4-11)16-10-14-9-15-16/h3-10H,2H2,1H3/b8-5+. The molecule has 0 saturated heterocycles. The topological polar surface area (TPSA) is 57.0 Å². The van der Waals surface area contributed by atoms with Crippen LogP contribution >= 0.6 is 0 Å². The molecule has 0 saturated carbocycles. The highest BCUT2D eigenvalue weighted by Gasteiger charge is 1.97. The molecule has 5 nitrogen and oxygen atoms in total. The quantitative estimate of drug-likeness (QED) is 0.607. The van der Waals surface area contributed by atoms with Gasteiger partial charge in [-0.25, -0.2) is 14.5 Å². The Kier molecular flexibility index (Phi) is 3.86. The molecule has 0 radical (unpaired) electrons. The van der Waals surface area contributed by atoms with Crippen molar-refractivity contribution < 1.29 is 9.53 Å². The van der Waals surface area contributed by atoms with E-state index in [1.165, 1.54) is 12.4 Å². The van der Waals surface area contributed by atoms with Gasteiger partial charge in [0.1, 0.15) is 12.7 Å². The normalized spacial score (nSPS) is 10.7. The highest BCUT2D eigenvalue weighted by atomic mass is 16.5. The van der Waals surface area contributed by atoms with Crippen molar-refractivity contribution in [2.75, 3.05) is 6.61 Å². The number of aromatic nitrogens is 3. The number of ether oxygens (including phenoxy) is 1. The number of carbonyl (C=O) groups is 1. The van der Waals surface area contributed by atoms with Crippen LogP contribution in [0.3, 0.4) is 0 Å². The van der Waals surface area contributed by atoms with Gasteiger partial charge in [-0.15, -0.1) is 0 Å². The summed E-state index contributed by atoms with van der Waals surface area (Å²) >= 11 is 0. The van der Waals surface area contributed by atoms with Crippen molar-refractivity contribution >= 4 is 12.0 Å². The van der Waals surface area contributed by atoms with Crippen molar-refractivity contribution in [2.24, 2.45) is 0 Å². The van der Waals surface area contributed by atoms with E-state index in [1.54, 1.807) is 24.0 Å². The molecule has 5 heteroatoms. The molecule has 1 aromatic heterocycles. The second kappa shape index (κ2) is 5.77. The SMILES string of the molecule is CCOC(=O)/C=C/c1ccc(-n2cncn2)cc1. The van der Waals surface area contributed by atoms with E-state index >= 15 is 0 Å². The van der Waals surface area contributed by atoms with Gasteiger partial charge in [-0.1, -0.05) is 12.1 Å². The third-order valence-electron chi connectivity index (χ3n) is 2.27. The zero-order valence-electron chi connectivity index (χ0n) is 9.98. The molecule has 18 heavy (non-hydrogen) atoms. The molecule has 1 heterocycles. The van der Waals surface area contributed by atoms with E-state index < -0.39 is 0 Å². The van der Waals surface area contributed by atoms with E-state index in [0.29, 0.717) is 6.61 Å². The average Bonchev–Trinajstić information content (AvgIpc) is 2.91. The molecule has 92 valence electrons. The van der Waals surface area contributed by atoms with Gasteiger partial charge in [0.15, 0.2) is 0 Å². The third-order valence-corrected chi connectivity index (χ3v) is 2.27. The molecule has 0 unspecified atom stereocenters. The minimum atomic E-state index is -0.335. The highest BCUT2D eigenvalue weighted by molar-refractivity contribution is 5.87. The lowest BCUT2D eigenvalue weighted by molar-refractivity contribution is -0.137. The Morgan fingerprint density at radius 3 is 2.78 bits per heavy atom. The van der Waals surface area contributed by atoms with Gasteiger partial charge in [0.05, 0.1) is 12.3 Å². The van der Waals surface area contributed by atoms with Crippen LogP contribution in [0.2, 0.25) is 0 Å². The summed E-state index contributed by atoms with van der Waals surface area (Å²) in [6.45, 7) is 2.16. The Balaban J connectivity index is 2.06. The van der Waals surface area contributed by atoms with Gasteiger partial charge in [-0.2, -0.15) is 5.10 Å². The first kappa shape index (κ1) is 12.0. The first-order valence-corrected chi connectivity index (χ1v) is 5.59. The lowest BCUT2D eigenvalue weighted by atomic mass is 10.2. The molecular weight excluding hydrogens is 230 g/mol. The largest absolute Gasteiger partial charge is 0.463 e. The van der Waals surface area contributed by atoms with Crippen LogP contribution in [-0.4, -0.2) is 27.3 Å². The molecule has 0 fully saturated rings. The fourth-order valence-electron chi connectivity index (χ4n) is 1.43. The molecular formula is C13H13N3O2. The number of rotatable bonds is 4. The van der Waals surface area contributed by atoms with E-state index in [4.69, 9.17) is 4.74 Å². The highest BCUT2D eigenvalue weighted by Crippen LogP contribution is 2.09. The summed E-state index contributed by atoms with van der Waals surface area (Å²) in [6, 6.07) is 7.60. The summed E-state index contributed by atoms with van der Waals surface area (Å²) in [5.74, 6) is -0.335. The van der Waals surface area contributed by atoms with Crippen molar-refractivity contribution in [3.05, 3.63) is 48.6 Å². The van der Waals surface area contributed by atoms with E-state index in [9.17, 15) is 4.79 Å². The summed E-state index contributed by atoms with van der Waals surface area (Å²) in [5, 5.41) is 4.03. The van der Waals surface area contributed by atoms with Crippen LogP contribution in [0.4, 0.5) is 0 Å². The fraction of sp³-hybridized carbons (Fsp3) is 0.154. The maximum atomic E-state index is 11.1. The summed E-state index contributed by atoms with van der Waals surface area (Å²) in [6.07, 6.45) is 6.23. The van der Waals surface area contributed by atoms with Crippen LogP contribution in [0.15, 0.2) is 43.0 Å². The number of esters is 1. The Morgan fingerprint density at radius 1 is 1.39 bits per heavy atom. The van der Waals surface area contributed by atoms with Gasteiger partial charge in [-0.05, 0) is 30.7 Å². The molecule has 2 rings (SSSR count). The van der Waals surface area contributed by atoms with E-state index in [2.05, 4.69) is 10.1 Å². The first-order valence-electron chi connectivity index (χ1n) is 5.59. The van der Waals surface area contributed by atoms with Crippen molar-refractivity contribution in [3.8, 4) is 5.69 Å². The monoisotopic (exact) mass is 243 g/mol. The average molecular weight is 243 g/mol. The van der Waals surface area contributed by atoms with E-state index in [0.717, 1.165) is 11.3 Å². The molecule has 0 aliphatic heterocycles. The molecule has 0 aliphatic carbocycles. The lowest BCUT2D eigenvalue weighted by Crippen LogP contribution is -1.98. The second-order valence-electron chi connectivity index (χ2n) is 3.52. The van der Waals surface area contributed by atoms with Crippen LogP contribution in [0.1, 0.15) is 12.5 Å². The lowest BCUT2D eigenvalue weighted by Gasteiger charge is -2.00. The zero-order valence-corrected chi connectivity index (χ0v) is 9.98. The predicted molar refractivity (Wildman–Crippen MR) is 67.0 cm³/mol. The van der Waals surface area contributed by atoms with E-state index in [1.807, 2.05) is 24.3 Å². The molecule has 0 N–H and O–H groups in total. The maximum absolute atomic E-state index is 11.1. The number of hydrogen-bond donors (Lipinski definition) is 0. The van der Waals surface area contributed by atoms with Gasteiger partial charge >= 0.3 is 5.97 Å². The van der Waals surface area contributed by atoms with Crippen LogP contribution in [0.25, 0.3) is 11.8 Å². The Labute approximate surface area is 105 Å². The molecule has 0 spiro atoms. The minimum Gasteiger partial charge on any atom is -0.463 e. The molecule has 0 amide bonds. The molecule has 0 atom stereocenters. The van der Waals surface area contributed by atoms with Crippen molar-refractivity contribution in [1.29, 1.82) is 0 Å². The summed E-state index contributed by atoms with van der Waals surface area (Å²) in [5.41, 5.74) is 1.84. The van der Waals surface area contributed by atoms with Gasteiger partial charge < -0.3 is 4.74 Å². The predicted octanol–water partition coefficient (Wildman–Crippen LogP) is 1.84. The molecule has 0 aliphatic rings. The van der Waals surface area contributed by atoms with E-state index in [-0.39, 0.29) is 5.97 Å². The fourth-order valence-corrected chi connectivity index (χ4v) is 1.43. The Bertz CT molecular complexity index is 530. The summed E-state index contributed by atoms with van der Waals surface area (Å²) in [4.78, 5) is 15.0. The van der Waals surface area contributed by atoms with Crippen molar-refractivity contribution in [1.82, 2.24) is 14.8 Å². The molecule has 1 aromatic carbocycles. The smallest absolute Gasteiger partial charge is 0.330 e. The van der Waals surface area contributed by atoms with Crippen LogP contribution in [-0.2, 0) is 9.53 Å². The second-order valence-corrected chi connectivity index (χ2v) is 3.52. The summed E-state index contributed by atoms with van der Waals surface area (Å²) < 4.78 is 6.46. The Hall–Kier alpha value is -2.43. The van der Waals surface area contributed by atoms with Crippen molar-refractivity contribution in [3.63, 3.8) is 0 Å². The van der Waals surface area contributed by atoms with Gasteiger partial charge in [0.25, 0.3) is 0 Å². The van der Waals surface area contributed by atoms with Crippen LogP contribution < -0.4 is 0 Å². The third kappa shape index (κ3) is 3.04. The van der Waals surface area contributed by atoms with Gasteiger partial charge in [0.2, 0.25) is 0 Å². The van der Waals surface area contributed by atoms with Gasteiger partial charge in [0, 0.05) is 6.08 Å². The molecule has 2 aromatic rings. The van der Waals surface area contributed by atoms with Crippen molar-refractivity contribution in [2.45, 2.75) is 6.92 Å².